The summed E-state index contributed by atoms with van der Waals surface area (Å²) in [5, 5.41) is 1.54. The molecule has 0 aliphatic carbocycles. The molecular formula is C25H23N3OS. The topological polar surface area (TPSA) is 46.1 Å². The number of aromatic nitrogens is 2. The molecule has 4 rings (SSSR count). The molecule has 0 bridgehead atoms. The number of carbonyl (C=O) groups is 1. The van der Waals surface area contributed by atoms with Crippen molar-refractivity contribution in [2.24, 2.45) is 0 Å². The highest BCUT2D eigenvalue weighted by atomic mass is 32.2. The number of nitrogens with zero attached hydrogens (tertiary/aromatic N) is 3. The maximum Gasteiger partial charge on any atom is 0.236 e. The van der Waals surface area contributed by atoms with Crippen molar-refractivity contribution in [3.8, 4) is 0 Å². The molecule has 1 amide bonds. The molecule has 0 N–H and O–H groups in total. The van der Waals surface area contributed by atoms with Crippen molar-refractivity contribution < 1.29 is 4.79 Å². The zero-order valence-electron chi connectivity index (χ0n) is 16.8. The minimum absolute atomic E-state index is 0.0930. The quantitative estimate of drug-likeness (QED) is 0.303. The van der Waals surface area contributed by atoms with Crippen molar-refractivity contribution in [1.29, 1.82) is 0 Å². The van der Waals surface area contributed by atoms with E-state index < -0.39 is 0 Å². The van der Waals surface area contributed by atoms with E-state index in [0.717, 1.165) is 27.1 Å². The Morgan fingerprint density at radius 2 is 1.40 bits per heavy atom. The third-order valence-corrected chi connectivity index (χ3v) is 5.99. The van der Waals surface area contributed by atoms with Gasteiger partial charge in [-0.05, 0) is 24.1 Å². The normalized spacial score (nSPS) is 11.9. The van der Waals surface area contributed by atoms with E-state index >= 15 is 0 Å². The first kappa shape index (κ1) is 20.1. The summed E-state index contributed by atoms with van der Waals surface area (Å²) in [5.41, 5.74) is 3.12. The second-order valence-electron chi connectivity index (χ2n) is 7.12. The van der Waals surface area contributed by atoms with E-state index in [4.69, 9.17) is 0 Å². The number of carbonyl (C=O) groups excluding carboxylic acids is 1. The molecule has 1 heterocycles. The molecule has 0 fully saturated rings. The second kappa shape index (κ2) is 9.55. The van der Waals surface area contributed by atoms with Gasteiger partial charge in [-0.15, -0.1) is 0 Å². The van der Waals surface area contributed by atoms with Crippen LogP contribution in [0, 0.1) is 0 Å². The van der Waals surface area contributed by atoms with Gasteiger partial charge in [-0.2, -0.15) is 0 Å². The summed E-state index contributed by atoms with van der Waals surface area (Å²) < 4.78 is 0. The Bertz CT molecular complexity index is 1070. The lowest BCUT2D eigenvalue weighted by molar-refractivity contribution is -0.131. The summed E-state index contributed by atoms with van der Waals surface area (Å²) in [5.74, 6) is 0.0930. The van der Waals surface area contributed by atoms with Crippen molar-refractivity contribution in [3.63, 3.8) is 0 Å². The zero-order valence-corrected chi connectivity index (χ0v) is 17.6. The molecule has 0 unspecified atom stereocenters. The molecule has 3 aromatic carbocycles. The SMILES string of the molecule is C[C@@H](Sc1ncnc2ccccc12)C(=O)N(Cc1ccccc1)Cc1ccccc1. The Morgan fingerprint density at radius 3 is 2.03 bits per heavy atom. The minimum Gasteiger partial charge on any atom is -0.333 e. The van der Waals surface area contributed by atoms with Gasteiger partial charge in [0, 0.05) is 18.5 Å². The van der Waals surface area contributed by atoms with E-state index in [9.17, 15) is 4.79 Å². The molecule has 150 valence electrons. The van der Waals surface area contributed by atoms with Gasteiger partial charge in [0.15, 0.2) is 0 Å². The highest BCUT2D eigenvalue weighted by molar-refractivity contribution is 8.00. The molecule has 0 aliphatic heterocycles. The average Bonchev–Trinajstić information content (AvgIpc) is 2.80. The molecule has 4 nitrogen and oxygen atoms in total. The number of rotatable bonds is 7. The summed E-state index contributed by atoms with van der Waals surface area (Å²) >= 11 is 1.49. The second-order valence-corrected chi connectivity index (χ2v) is 8.45. The summed E-state index contributed by atoms with van der Waals surface area (Å²) in [4.78, 5) is 24.1. The van der Waals surface area contributed by atoms with Crippen LogP contribution in [0.3, 0.4) is 0 Å². The third-order valence-electron chi connectivity index (χ3n) is 4.89. The number of fused-ring (bicyclic) bond motifs is 1. The van der Waals surface area contributed by atoms with Crippen molar-refractivity contribution in [3.05, 3.63) is 102 Å². The number of thioether (sulfide) groups is 1. The molecule has 0 aliphatic rings. The predicted octanol–water partition coefficient (Wildman–Crippen LogP) is 5.34. The summed E-state index contributed by atoms with van der Waals surface area (Å²) in [7, 11) is 0. The summed E-state index contributed by atoms with van der Waals surface area (Å²) in [6, 6.07) is 28.1. The molecular weight excluding hydrogens is 390 g/mol. The molecule has 0 saturated carbocycles. The van der Waals surface area contributed by atoms with Crippen molar-refractivity contribution in [2.75, 3.05) is 0 Å². The van der Waals surface area contributed by atoms with Crippen LogP contribution in [0.5, 0.6) is 0 Å². The van der Waals surface area contributed by atoms with Crippen LogP contribution in [0.15, 0.2) is 96.3 Å². The van der Waals surface area contributed by atoms with E-state index in [1.54, 1.807) is 6.33 Å². The molecule has 30 heavy (non-hydrogen) atoms. The zero-order chi connectivity index (χ0) is 20.8. The van der Waals surface area contributed by atoms with Crippen LogP contribution < -0.4 is 0 Å². The lowest BCUT2D eigenvalue weighted by Gasteiger charge is -2.26. The van der Waals surface area contributed by atoms with Gasteiger partial charge in [0.2, 0.25) is 5.91 Å². The Balaban J connectivity index is 1.56. The van der Waals surface area contributed by atoms with Gasteiger partial charge in [-0.3, -0.25) is 4.79 Å². The Labute approximate surface area is 181 Å². The van der Waals surface area contributed by atoms with Crippen LogP contribution in [0.1, 0.15) is 18.1 Å². The van der Waals surface area contributed by atoms with E-state index in [0.29, 0.717) is 13.1 Å². The van der Waals surface area contributed by atoms with Crippen LogP contribution in [-0.2, 0) is 17.9 Å². The number of hydrogen-bond acceptors (Lipinski definition) is 4. The first-order valence-corrected chi connectivity index (χ1v) is 10.8. The van der Waals surface area contributed by atoms with E-state index in [-0.39, 0.29) is 11.2 Å². The first-order chi connectivity index (χ1) is 14.7. The fourth-order valence-electron chi connectivity index (χ4n) is 3.37. The van der Waals surface area contributed by atoms with Crippen LogP contribution in [0.25, 0.3) is 10.9 Å². The maximum atomic E-state index is 13.5. The maximum absolute atomic E-state index is 13.5. The lowest BCUT2D eigenvalue weighted by Crippen LogP contribution is -2.35. The third kappa shape index (κ3) is 4.86. The standard InChI is InChI=1S/C25H23N3OS/c1-19(30-24-22-14-8-9-15-23(22)26-18-27-24)25(29)28(16-20-10-4-2-5-11-20)17-21-12-6-3-7-13-21/h2-15,18-19H,16-17H2,1H3/t19-/m1/s1. The fourth-order valence-corrected chi connectivity index (χ4v) is 4.36. The highest BCUT2D eigenvalue weighted by Gasteiger charge is 2.23. The van der Waals surface area contributed by atoms with Gasteiger partial charge in [0.1, 0.15) is 11.4 Å². The number of para-hydroxylation sites is 1. The van der Waals surface area contributed by atoms with E-state index in [2.05, 4.69) is 34.2 Å². The van der Waals surface area contributed by atoms with Crippen LogP contribution in [0.2, 0.25) is 0 Å². The van der Waals surface area contributed by atoms with Crippen molar-refractivity contribution >= 4 is 28.6 Å². The monoisotopic (exact) mass is 413 g/mol. The first-order valence-electron chi connectivity index (χ1n) is 9.94. The number of amides is 1. The summed E-state index contributed by atoms with van der Waals surface area (Å²) in [6.07, 6.45) is 1.56. The van der Waals surface area contributed by atoms with Gasteiger partial charge in [0.25, 0.3) is 0 Å². The van der Waals surface area contributed by atoms with Crippen LogP contribution in [-0.4, -0.2) is 26.0 Å². The van der Waals surface area contributed by atoms with Crippen molar-refractivity contribution in [1.82, 2.24) is 14.9 Å². The molecule has 0 radical (unpaired) electrons. The smallest absolute Gasteiger partial charge is 0.236 e. The molecule has 4 aromatic rings. The van der Waals surface area contributed by atoms with E-state index in [1.165, 1.54) is 11.8 Å². The predicted molar refractivity (Wildman–Crippen MR) is 122 cm³/mol. The van der Waals surface area contributed by atoms with Gasteiger partial charge in [0.05, 0.1) is 10.8 Å². The molecule has 0 spiro atoms. The minimum atomic E-state index is -0.268. The molecule has 1 atom stereocenters. The molecule has 5 heteroatoms. The largest absolute Gasteiger partial charge is 0.333 e. The fraction of sp³-hybridized carbons (Fsp3) is 0.160. The molecule has 0 saturated heterocycles. The Kier molecular flexibility index (Phi) is 6.40. The Hall–Kier alpha value is -3.18. The van der Waals surface area contributed by atoms with E-state index in [1.807, 2.05) is 72.5 Å². The van der Waals surface area contributed by atoms with Gasteiger partial charge < -0.3 is 4.90 Å². The van der Waals surface area contributed by atoms with Crippen molar-refractivity contribution in [2.45, 2.75) is 30.3 Å². The number of hydrogen-bond donors (Lipinski definition) is 0. The van der Waals surface area contributed by atoms with Gasteiger partial charge >= 0.3 is 0 Å². The van der Waals surface area contributed by atoms with Gasteiger partial charge in [-0.25, -0.2) is 9.97 Å². The summed E-state index contributed by atoms with van der Waals surface area (Å²) in [6.45, 7) is 3.10. The highest BCUT2D eigenvalue weighted by Crippen LogP contribution is 2.29. The van der Waals surface area contributed by atoms with Crippen LogP contribution >= 0.6 is 11.8 Å². The number of benzene rings is 3. The Morgan fingerprint density at radius 1 is 0.833 bits per heavy atom. The van der Waals surface area contributed by atoms with Crippen LogP contribution in [0.4, 0.5) is 0 Å². The molecule has 1 aromatic heterocycles. The van der Waals surface area contributed by atoms with Gasteiger partial charge in [-0.1, -0.05) is 90.6 Å². The average molecular weight is 414 g/mol. The lowest BCUT2D eigenvalue weighted by atomic mass is 10.1.